The predicted molar refractivity (Wildman–Crippen MR) is 119 cm³/mol. The van der Waals surface area contributed by atoms with E-state index in [0.29, 0.717) is 16.1 Å². The summed E-state index contributed by atoms with van der Waals surface area (Å²) in [5.74, 6) is -2.78. The van der Waals surface area contributed by atoms with E-state index in [-0.39, 0.29) is 11.3 Å². The van der Waals surface area contributed by atoms with E-state index in [4.69, 9.17) is 21.1 Å². The Morgan fingerprint density at radius 2 is 1.73 bits per heavy atom. The zero-order valence-electron chi connectivity index (χ0n) is 17.8. The second kappa shape index (κ2) is 8.46. The van der Waals surface area contributed by atoms with Crippen molar-refractivity contribution >= 4 is 29.6 Å². The van der Waals surface area contributed by atoms with Crippen LogP contribution < -0.4 is 0 Å². The molecule has 0 aromatic heterocycles. The summed E-state index contributed by atoms with van der Waals surface area (Å²) >= 11 is 6.24. The van der Waals surface area contributed by atoms with Crippen molar-refractivity contribution in [2.45, 2.75) is 12.0 Å². The highest BCUT2D eigenvalue weighted by Gasteiger charge is 2.60. The minimum atomic E-state index is -1.81. The predicted octanol–water partition coefficient (Wildman–Crippen LogP) is 4.10. The molecule has 0 spiro atoms. The molecule has 0 aliphatic carbocycles. The maximum absolute atomic E-state index is 13.1. The van der Waals surface area contributed by atoms with Gasteiger partial charge in [0, 0.05) is 11.2 Å². The van der Waals surface area contributed by atoms with E-state index in [0.717, 1.165) is 5.56 Å². The third-order valence-electron chi connectivity index (χ3n) is 6.01. The summed E-state index contributed by atoms with van der Waals surface area (Å²) in [5.41, 5.74) is -0.156. The molecule has 2 aromatic rings. The lowest BCUT2D eigenvalue weighted by molar-refractivity contribution is -0.142. The number of hydrogen-bond donors (Lipinski definition) is 0. The van der Waals surface area contributed by atoms with Gasteiger partial charge in [-0.15, -0.1) is 0 Å². The van der Waals surface area contributed by atoms with Gasteiger partial charge in [-0.1, -0.05) is 48.0 Å². The van der Waals surface area contributed by atoms with Gasteiger partial charge in [-0.3, -0.25) is 0 Å². The standard InChI is InChI=1S/C25H18ClN3O4/c1-32-23(30)19-20(16-7-5-8-17(26)12-16)25(13-27,14-28)22-18-9-4-3-6-15(18)10-11-29(22)21(19)24(31)33-2/h3-12,20,22H,1-2H3/t20-,22-/m0/s1. The number of carbonyl (C=O) groups excluding carboxylic acids is 2. The molecular weight excluding hydrogens is 442 g/mol. The first-order chi connectivity index (χ1) is 15.9. The highest BCUT2D eigenvalue weighted by atomic mass is 35.5. The minimum Gasteiger partial charge on any atom is -0.466 e. The summed E-state index contributed by atoms with van der Waals surface area (Å²) in [6, 6.07) is 17.3. The molecule has 8 heteroatoms. The average Bonchev–Trinajstić information content (AvgIpc) is 2.85. The minimum absolute atomic E-state index is 0.0915. The van der Waals surface area contributed by atoms with Crippen LogP contribution in [0.5, 0.6) is 0 Å². The number of rotatable bonds is 3. The monoisotopic (exact) mass is 459 g/mol. The van der Waals surface area contributed by atoms with Gasteiger partial charge >= 0.3 is 11.9 Å². The van der Waals surface area contributed by atoms with Gasteiger partial charge in [0.1, 0.15) is 5.70 Å². The summed E-state index contributed by atoms with van der Waals surface area (Å²) in [4.78, 5) is 27.6. The average molecular weight is 460 g/mol. The Balaban J connectivity index is 2.18. The van der Waals surface area contributed by atoms with Crippen LogP contribution in [-0.2, 0) is 19.1 Å². The van der Waals surface area contributed by atoms with Crippen LogP contribution in [0.3, 0.4) is 0 Å². The third kappa shape index (κ3) is 3.26. The van der Waals surface area contributed by atoms with Crippen LogP contribution in [0.2, 0.25) is 5.02 Å². The molecule has 0 radical (unpaired) electrons. The molecule has 2 atom stereocenters. The number of hydrogen-bond acceptors (Lipinski definition) is 7. The Labute approximate surface area is 195 Å². The Morgan fingerprint density at radius 1 is 1.03 bits per heavy atom. The molecule has 2 aliphatic rings. The number of carbonyl (C=O) groups is 2. The van der Waals surface area contributed by atoms with Gasteiger partial charge in [0.05, 0.1) is 43.9 Å². The number of esters is 2. The molecule has 0 saturated carbocycles. The first kappa shape index (κ1) is 22.1. The summed E-state index contributed by atoms with van der Waals surface area (Å²) in [6.07, 6.45) is 3.34. The quantitative estimate of drug-likeness (QED) is 0.636. The molecule has 0 amide bonds. The van der Waals surface area contributed by atoms with Crippen molar-refractivity contribution in [2.24, 2.45) is 5.41 Å². The largest absolute Gasteiger partial charge is 0.466 e. The summed E-state index contributed by atoms with van der Waals surface area (Å²) in [5, 5.41) is 21.4. The van der Waals surface area contributed by atoms with E-state index in [1.54, 1.807) is 48.7 Å². The fourth-order valence-electron chi connectivity index (χ4n) is 4.67. The number of methoxy groups -OCH3 is 2. The van der Waals surface area contributed by atoms with Crippen molar-refractivity contribution in [3.63, 3.8) is 0 Å². The van der Waals surface area contributed by atoms with Gasteiger partial charge in [0.2, 0.25) is 0 Å². The summed E-state index contributed by atoms with van der Waals surface area (Å²) < 4.78 is 10.0. The molecule has 164 valence electrons. The lowest BCUT2D eigenvalue weighted by Crippen LogP contribution is -2.50. The zero-order chi connectivity index (χ0) is 23.8. The number of fused-ring (bicyclic) bond motifs is 3. The van der Waals surface area contributed by atoms with Crippen LogP contribution in [0.15, 0.2) is 66.0 Å². The van der Waals surface area contributed by atoms with E-state index in [1.165, 1.54) is 19.1 Å². The molecule has 2 aromatic carbocycles. The molecule has 7 nitrogen and oxygen atoms in total. The highest BCUT2D eigenvalue weighted by molar-refractivity contribution is 6.30. The summed E-state index contributed by atoms with van der Waals surface area (Å²) in [6.45, 7) is 0. The van der Waals surface area contributed by atoms with Crippen molar-refractivity contribution in [1.29, 1.82) is 10.5 Å². The number of ether oxygens (including phenoxy) is 2. The Morgan fingerprint density at radius 3 is 2.36 bits per heavy atom. The maximum Gasteiger partial charge on any atom is 0.355 e. The van der Waals surface area contributed by atoms with Gasteiger partial charge in [-0.2, -0.15) is 10.5 Å². The number of nitrogens with zero attached hydrogens (tertiary/aromatic N) is 3. The highest BCUT2D eigenvalue weighted by Crippen LogP contribution is 2.58. The Kier molecular flexibility index (Phi) is 5.68. The molecule has 0 fully saturated rings. The first-order valence-corrected chi connectivity index (χ1v) is 10.4. The molecule has 0 unspecified atom stereocenters. The van der Waals surface area contributed by atoms with E-state index >= 15 is 0 Å². The first-order valence-electron chi connectivity index (χ1n) is 9.97. The van der Waals surface area contributed by atoms with Crippen LogP contribution in [-0.4, -0.2) is 31.1 Å². The van der Waals surface area contributed by atoms with E-state index in [9.17, 15) is 20.1 Å². The molecule has 2 heterocycles. The van der Waals surface area contributed by atoms with Crippen LogP contribution in [0, 0.1) is 28.1 Å². The Bertz CT molecular complexity index is 1290. The van der Waals surface area contributed by atoms with Gasteiger partial charge < -0.3 is 14.4 Å². The van der Waals surface area contributed by atoms with Gasteiger partial charge in [0.15, 0.2) is 5.41 Å². The van der Waals surface area contributed by atoms with Crippen molar-refractivity contribution in [3.05, 3.63) is 87.7 Å². The molecule has 0 saturated heterocycles. The normalized spacial score (nSPS) is 20.1. The van der Waals surface area contributed by atoms with Crippen LogP contribution in [0.4, 0.5) is 0 Å². The van der Waals surface area contributed by atoms with Crippen LogP contribution in [0.25, 0.3) is 6.08 Å². The number of halogens is 1. The van der Waals surface area contributed by atoms with Crippen LogP contribution >= 0.6 is 11.6 Å². The molecule has 4 rings (SSSR count). The smallest absolute Gasteiger partial charge is 0.355 e. The topological polar surface area (TPSA) is 103 Å². The maximum atomic E-state index is 13.1. The molecule has 2 aliphatic heterocycles. The van der Waals surface area contributed by atoms with E-state index in [2.05, 4.69) is 12.1 Å². The molecule has 0 N–H and O–H groups in total. The fraction of sp³-hybridized carbons (Fsp3) is 0.200. The van der Waals surface area contributed by atoms with Crippen LogP contribution in [0.1, 0.15) is 28.7 Å². The van der Waals surface area contributed by atoms with Gasteiger partial charge in [-0.25, -0.2) is 9.59 Å². The van der Waals surface area contributed by atoms with E-state index < -0.39 is 29.3 Å². The molecular formula is C25H18ClN3O4. The lowest BCUT2D eigenvalue weighted by atomic mass is 9.60. The zero-order valence-corrected chi connectivity index (χ0v) is 18.5. The fourth-order valence-corrected chi connectivity index (χ4v) is 4.87. The Hall–Kier alpha value is -4.07. The second-order valence-corrected chi connectivity index (χ2v) is 8.02. The van der Waals surface area contributed by atoms with Crippen molar-refractivity contribution in [3.8, 4) is 12.1 Å². The van der Waals surface area contributed by atoms with Gasteiger partial charge in [0.25, 0.3) is 0 Å². The third-order valence-corrected chi connectivity index (χ3v) is 6.24. The SMILES string of the molecule is COC(=O)C1=C(C(=O)OC)N2C=Cc3ccccc3[C@H]2C(C#N)(C#N)[C@H]1c1cccc(Cl)c1. The van der Waals surface area contributed by atoms with E-state index in [1.807, 2.05) is 12.1 Å². The number of nitriles is 2. The van der Waals surface area contributed by atoms with Crippen molar-refractivity contribution in [2.75, 3.05) is 14.2 Å². The molecule has 33 heavy (non-hydrogen) atoms. The number of benzene rings is 2. The molecule has 0 bridgehead atoms. The van der Waals surface area contributed by atoms with Crippen molar-refractivity contribution < 1.29 is 19.1 Å². The summed E-state index contributed by atoms with van der Waals surface area (Å²) in [7, 11) is 2.37. The second-order valence-electron chi connectivity index (χ2n) is 7.58. The van der Waals surface area contributed by atoms with Gasteiger partial charge in [-0.05, 0) is 34.9 Å². The lowest BCUT2D eigenvalue weighted by Gasteiger charge is -2.49. The van der Waals surface area contributed by atoms with Crippen molar-refractivity contribution in [1.82, 2.24) is 4.90 Å².